The number of hydrogen-bond acceptors (Lipinski definition) is 3. The van der Waals surface area contributed by atoms with Crippen molar-refractivity contribution in [3.05, 3.63) is 48.0 Å². The van der Waals surface area contributed by atoms with Gasteiger partial charge in [-0.05, 0) is 42.5 Å². The van der Waals surface area contributed by atoms with E-state index >= 15 is 0 Å². The molecule has 0 aliphatic rings. The fourth-order valence-corrected chi connectivity index (χ4v) is 1.94. The maximum atomic E-state index is 11.1. The van der Waals surface area contributed by atoms with Crippen LogP contribution >= 0.6 is 0 Å². The second-order valence-corrected chi connectivity index (χ2v) is 4.30. The molecule has 5 N–H and O–H groups in total. The van der Waals surface area contributed by atoms with Gasteiger partial charge in [0.1, 0.15) is 5.82 Å². The minimum Gasteiger partial charge on any atom is -0.399 e. The van der Waals surface area contributed by atoms with Crippen molar-refractivity contribution < 1.29 is 4.79 Å². The molecule has 5 nitrogen and oxygen atoms in total. The van der Waals surface area contributed by atoms with E-state index in [2.05, 4.69) is 9.97 Å². The Morgan fingerprint density at radius 2 is 1.84 bits per heavy atom. The van der Waals surface area contributed by atoms with Crippen LogP contribution in [0.2, 0.25) is 0 Å². The van der Waals surface area contributed by atoms with Crippen LogP contribution in [0.3, 0.4) is 0 Å². The number of nitrogens with zero attached hydrogens (tertiary/aromatic N) is 1. The molecule has 0 bridgehead atoms. The highest BCUT2D eigenvalue weighted by molar-refractivity contribution is 5.96. The molecule has 2 aromatic carbocycles. The third-order valence-corrected chi connectivity index (χ3v) is 2.95. The third kappa shape index (κ3) is 2.01. The SMILES string of the molecule is NC(=O)c1ccc2[nH]c(-c3ccc(N)cc3)nc2c1. The molecule has 1 aromatic heterocycles. The number of aromatic nitrogens is 2. The zero-order valence-electron chi connectivity index (χ0n) is 10.1. The number of H-pyrrole nitrogens is 1. The minimum absolute atomic E-state index is 0.447. The van der Waals surface area contributed by atoms with Crippen molar-refractivity contribution in [3.63, 3.8) is 0 Å². The summed E-state index contributed by atoms with van der Waals surface area (Å²) in [5.41, 5.74) is 14.6. The summed E-state index contributed by atoms with van der Waals surface area (Å²) in [4.78, 5) is 18.8. The van der Waals surface area contributed by atoms with Crippen molar-refractivity contribution in [1.82, 2.24) is 9.97 Å². The number of carbonyl (C=O) groups is 1. The van der Waals surface area contributed by atoms with E-state index in [0.29, 0.717) is 16.8 Å². The maximum Gasteiger partial charge on any atom is 0.248 e. The van der Waals surface area contributed by atoms with E-state index in [9.17, 15) is 4.79 Å². The van der Waals surface area contributed by atoms with Gasteiger partial charge in [-0.3, -0.25) is 4.79 Å². The van der Waals surface area contributed by atoms with Gasteiger partial charge in [-0.2, -0.15) is 0 Å². The van der Waals surface area contributed by atoms with Gasteiger partial charge >= 0.3 is 0 Å². The van der Waals surface area contributed by atoms with Gasteiger partial charge in [0.25, 0.3) is 0 Å². The molecule has 0 saturated carbocycles. The van der Waals surface area contributed by atoms with E-state index in [1.54, 1.807) is 18.2 Å². The molecule has 94 valence electrons. The van der Waals surface area contributed by atoms with Crippen LogP contribution in [0.25, 0.3) is 22.4 Å². The van der Waals surface area contributed by atoms with Gasteiger partial charge in [-0.15, -0.1) is 0 Å². The quantitative estimate of drug-likeness (QED) is 0.607. The average molecular weight is 252 g/mol. The number of hydrogen-bond donors (Lipinski definition) is 3. The Hall–Kier alpha value is -2.82. The van der Waals surface area contributed by atoms with Gasteiger partial charge < -0.3 is 16.5 Å². The zero-order chi connectivity index (χ0) is 13.4. The number of nitrogens with one attached hydrogen (secondary N) is 1. The van der Waals surface area contributed by atoms with E-state index in [1.165, 1.54) is 0 Å². The maximum absolute atomic E-state index is 11.1. The molecule has 0 unspecified atom stereocenters. The molecule has 0 aliphatic carbocycles. The Bertz CT molecular complexity index is 759. The summed E-state index contributed by atoms with van der Waals surface area (Å²) in [5, 5.41) is 0. The van der Waals surface area contributed by atoms with Crippen LogP contribution in [0.4, 0.5) is 5.69 Å². The average Bonchev–Trinajstić information content (AvgIpc) is 2.82. The van der Waals surface area contributed by atoms with Crippen LogP contribution in [0.1, 0.15) is 10.4 Å². The highest BCUT2D eigenvalue weighted by Crippen LogP contribution is 2.22. The Morgan fingerprint density at radius 3 is 2.53 bits per heavy atom. The molecule has 19 heavy (non-hydrogen) atoms. The number of imidazole rings is 1. The number of rotatable bonds is 2. The predicted molar refractivity (Wildman–Crippen MR) is 74.5 cm³/mol. The lowest BCUT2D eigenvalue weighted by atomic mass is 10.2. The highest BCUT2D eigenvalue weighted by Gasteiger charge is 2.07. The predicted octanol–water partition coefficient (Wildman–Crippen LogP) is 1.91. The fourth-order valence-electron chi connectivity index (χ4n) is 1.94. The number of nitrogens with two attached hydrogens (primary N) is 2. The molecule has 3 aromatic rings. The molecule has 1 amide bonds. The molecular formula is C14H12N4O. The van der Waals surface area contributed by atoms with Crippen molar-refractivity contribution in [2.75, 3.05) is 5.73 Å². The standard InChI is InChI=1S/C14H12N4O/c15-10-4-1-8(2-5-10)14-17-11-6-3-9(13(16)19)7-12(11)18-14/h1-7H,15H2,(H2,16,19)(H,17,18). The van der Waals surface area contributed by atoms with Crippen LogP contribution < -0.4 is 11.5 Å². The number of fused-ring (bicyclic) bond motifs is 1. The molecule has 0 atom stereocenters. The van der Waals surface area contributed by atoms with Crippen LogP contribution in [0.15, 0.2) is 42.5 Å². The van der Waals surface area contributed by atoms with Gasteiger partial charge in [0.2, 0.25) is 5.91 Å². The first-order chi connectivity index (χ1) is 9.13. The normalized spacial score (nSPS) is 10.7. The fraction of sp³-hybridized carbons (Fsp3) is 0. The molecule has 3 rings (SSSR count). The molecule has 0 radical (unpaired) electrons. The first-order valence-electron chi connectivity index (χ1n) is 5.79. The smallest absolute Gasteiger partial charge is 0.248 e. The van der Waals surface area contributed by atoms with E-state index in [0.717, 1.165) is 16.9 Å². The Labute approximate surface area is 109 Å². The Morgan fingerprint density at radius 1 is 1.11 bits per heavy atom. The molecule has 1 heterocycles. The van der Waals surface area contributed by atoms with Crippen LogP contribution in [-0.2, 0) is 0 Å². The van der Waals surface area contributed by atoms with Gasteiger partial charge in [0.15, 0.2) is 0 Å². The van der Waals surface area contributed by atoms with Crippen LogP contribution in [0, 0.1) is 0 Å². The molecule has 0 saturated heterocycles. The summed E-state index contributed by atoms with van der Waals surface area (Å²) in [6.07, 6.45) is 0. The lowest BCUT2D eigenvalue weighted by Crippen LogP contribution is -2.10. The summed E-state index contributed by atoms with van der Waals surface area (Å²) in [6, 6.07) is 12.6. The van der Waals surface area contributed by atoms with Crippen LogP contribution in [0.5, 0.6) is 0 Å². The second kappa shape index (κ2) is 4.13. The number of amides is 1. The van der Waals surface area contributed by atoms with E-state index < -0.39 is 5.91 Å². The largest absolute Gasteiger partial charge is 0.399 e. The molecule has 0 aliphatic heterocycles. The summed E-state index contributed by atoms with van der Waals surface area (Å²) < 4.78 is 0. The topological polar surface area (TPSA) is 97.8 Å². The van der Waals surface area contributed by atoms with E-state index in [4.69, 9.17) is 11.5 Å². The molecular weight excluding hydrogens is 240 g/mol. The van der Waals surface area contributed by atoms with Crippen molar-refractivity contribution in [2.24, 2.45) is 5.73 Å². The monoisotopic (exact) mass is 252 g/mol. The second-order valence-electron chi connectivity index (χ2n) is 4.30. The third-order valence-electron chi connectivity index (χ3n) is 2.95. The van der Waals surface area contributed by atoms with Gasteiger partial charge in [-0.25, -0.2) is 4.98 Å². The van der Waals surface area contributed by atoms with Crippen molar-refractivity contribution in [1.29, 1.82) is 0 Å². The summed E-state index contributed by atoms with van der Waals surface area (Å²) in [6.45, 7) is 0. The molecule has 5 heteroatoms. The number of aromatic amines is 1. The molecule has 0 spiro atoms. The zero-order valence-corrected chi connectivity index (χ0v) is 10.1. The van der Waals surface area contributed by atoms with Crippen molar-refractivity contribution in [2.45, 2.75) is 0 Å². The van der Waals surface area contributed by atoms with E-state index in [1.807, 2.05) is 24.3 Å². The van der Waals surface area contributed by atoms with Crippen molar-refractivity contribution in [3.8, 4) is 11.4 Å². The van der Waals surface area contributed by atoms with Gasteiger partial charge in [-0.1, -0.05) is 0 Å². The Kier molecular flexibility index (Phi) is 2.45. The van der Waals surface area contributed by atoms with Crippen molar-refractivity contribution >= 4 is 22.6 Å². The lowest BCUT2D eigenvalue weighted by molar-refractivity contribution is 0.100. The Balaban J connectivity index is 2.11. The summed E-state index contributed by atoms with van der Waals surface area (Å²) >= 11 is 0. The number of nitrogen functional groups attached to an aromatic ring is 1. The van der Waals surface area contributed by atoms with E-state index in [-0.39, 0.29) is 0 Å². The first kappa shape index (κ1) is 11.3. The van der Waals surface area contributed by atoms with Gasteiger partial charge in [0, 0.05) is 16.8 Å². The minimum atomic E-state index is -0.459. The van der Waals surface area contributed by atoms with Gasteiger partial charge in [0.05, 0.1) is 11.0 Å². The number of primary amides is 1. The first-order valence-corrected chi connectivity index (χ1v) is 5.79. The molecule has 0 fully saturated rings. The highest BCUT2D eigenvalue weighted by atomic mass is 16.1. The summed E-state index contributed by atoms with van der Waals surface area (Å²) in [7, 11) is 0. The van der Waals surface area contributed by atoms with Crippen LogP contribution in [-0.4, -0.2) is 15.9 Å². The number of carbonyl (C=O) groups excluding carboxylic acids is 1. The number of anilines is 1. The lowest BCUT2D eigenvalue weighted by Gasteiger charge is -1.96. The number of benzene rings is 2. The summed E-state index contributed by atoms with van der Waals surface area (Å²) in [5.74, 6) is 0.274.